The number of amides is 2. The average Bonchev–Trinajstić information content (AvgIpc) is 3.49. The number of hydrogen-bond donors (Lipinski definition) is 2. The van der Waals surface area contributed by atoms with E-state index in [1.807, 2.05) is 17.1 Å². The van der Waals surface area contributed by atoms with E-state index in [0.717, 1.165) is 10.9 Å². The van der Waals surface area contributed by atoms with Gasteiger partial charge in [0.15, 0.2) is 5.76 Å². The van der Waals surface area contributed by atoms with Gasteiger partial charge in [0, 0.05) is 34.6 Å². The van der Waals surface area contributed by atoms with Gasteiger partial charge < -0.3 is 14.2 Å². The van der Waals surface area contributed by atoms with Gasteiger partial charge in [-0.3, -0.25) is 15.0 Å². The Morgan fingerprint density at radius 3 is 2.46 bits per heavy atom. The van der Waals surface area contributed by atoms with E-state index in [0.29, 0.717) is 53.9 Å². The molecule has 1 aliphatic heterocycles. The molecule has 1 saturated heterocycles. The molecule has 9 nitrogen and oxygen atoms in total. The minimum absolute atomic E-state index is 0.0735. The number of piperidine rings is 1. The molecule has 180 valence electrons. The quantitative estimate of drug-likeness (QED) is 0.396. The van der Waals surface area contributed by atoms with Gasteiger partial charge in [0.1, 0.15) is 5.58 Å². The number of aromatic nitrogens is 2. The number of halogens is 2. The number of nitrogens with one attached hydrogen (secondary N) is 2. The third kappa shape index (κ3) is 5.64. The van der Waals surface area contributed by atoms with E-state index >= 15 is 0 Å². The molecular weight excluding hydrogens is 493 g/mol. The van der Waals surface area contributed by atoms with Crippen molar-refractivity contribution in [1.82, 2.24) is 25.9 Å². The molecular formula is C24H21Cl2N5O4. The normalized spacial score (nSPS) is 14.8. The van der Waals surface area contributed by atoms with Crippen molar-refractivity contribution in [1.29, 1.82) is 0 Å². The Bertz CT molecular complexity index is 1360. The van der Waals surface area contributed by atoms with Crippen molar-refractivity contribution in [3.8, 4) is 0 Å². The Hall–Kier alpha value is -3.40. The Morgan fingerprint density at radius 1 is 0.943 bits per heavy atom. The molecule has 1 fully saturated rings. The molecule has 35 heavy (non-hydrogen) atoms. The van der Waals surface area contributed by atoms with Gasteiger partial charge in [-0.25, -0.2) is 5.01 Å². The molecule has 0 radical (unpaired) electrons. The molecule has 2 N–H and O–H groups in total. The first-order valence-corrected chi connectivity index (χ1v) is 11.8. The van der Waals surface area contributed by atoms with Crippen LogP contribution in [0, 0.1) is 0 Å². The third-order valence-corrected chi connectivity index (χ3v) is 6.21. The Balaban J connectivity index is 1.10. The van der Waals surface area contributed by atoms with Crippen LogP contribution in [0.3, 0.4) is 0 Å². The largest absolute Gasteiger partial charge is 0.451 e. The summed E-state index contributed by atoms with van der Waals surface area (Å²) in [6.07, 6.45) is 1.70. The molecule has 2 amide bonds. The van der Waals surface area contributed by atoms with Crippen LogP contribution in [0.25, 0.3) is 11.0 Å². The zero-order chi connectivity index (χ0) is 24.4. The zero-order valence-electron chi connectivity index (χ0n) is 18.5. The van der Waals surface area contributed by atoms with Crippen molar-refractivity contribution in [2.45, 2.75) is 25.3 Å². The first-order chi connectivity index (χ1) is 16.9. The van der Waals surface area contributed by atoms with E-state index in [9.17, 15) is 9.59 Å². The van der Waals surface area contributed by atoms with Crippen LogP contribution in [-0.4, -0.2) is 46.2 Å². The first kappa shape index (κ1) is 23.3. The van der Waals surface area contributed by atoms with Gasteiger partial charge in [-0.2, -0.15) is 0 Å². The minimum atomic E-state index is -0.414. The Labute approximate surface area is 210 Å². The lowest BCUT2D eigenvalue weighted by Crippen LogP contribution is -2.51. The number of rotatable bonds is 6. The minimum Gasteiger partial charge on any atom is -0.451 e. The number of nitrogens with zero attached hydrogens (tertiary/aromatic N) is 3. The van der Waals surface area contributed by atoms with E-state index < -0.39 is 5.91 Å². The van der Waals surface area contributed by atoms with Crippen LogP contribution in [0.1, 0.15) is 45.5 Å². The molecule has 0 saturated carbocycles. The van der Waals surface area contributed by atoms with Crippen molar-refractivity contribution in [3.05, 3.63) is 81.7 Å². The summed E-state index contributed by atoms with van der Waals surface area (Å²) in [5.41, 5.74) is 4.40. The summed E-state index contributed by atoms with van der Waals surface area (Å²) in [4.78, 5) is 25.1. The molecule has 0 bridgehead atoms. The molecule has 11 heteroatoms. The van der Waals surface area contributed by atoms with E-state index in [1.54, 1.807) is 36.4 Å². The fraction of sp³-hybridized carbons (Fsp3) is 0.250. The van der Waals surface area contributed by atoms with Crippen LogP contribution in [-0.2, 0) is 6.42 Å². The summed E-state index contributed by atoms with van der Waals surface area (Å²) in [6, 6.07) is 14.1. The first-order valence-electron chi connectivity index (χ1n) is 11.1. The number of fused-ring (bicyclic) bond motifs is 1. The average molecular weight is 514 g/mol. The van der Waals surface area contributed by atoms with Gasteiger partial charge in [-0.1, -0.05) is 35.3 Å². The molecule has 4 aromatic rings. The van der Waals surface area contributed by atoms with Gasteiger partial charge in [-0.15, -0.1) is 10.2 Å². The maximum Gasteiger partial charge on any atom is 0.309 e. The number of carbonyl (C=O) groups is 2. The zero-order valence-corrected chi connectivity index (χ0v) is 20.0. The monoisotopic (exact) mass is 513 g/mol. The molecule has 0 spiro atoms. The van der Waals surface area contributed by atoms with E-state index in [-0.39, 0.29) is 23.6 Å². The smallest absolute Gasteiger partial charge is 0.309 e. The van der Waals surface area contributed by atoms with Crippen LogP contribution >= 0.6 is 23.2 Å². The van der Waals surface area contributed by atoms with Crippen molar-refractivity contribution >= 4 is 46.0 Å². The summed E-state index contributed by atoms with van der Waals surface area (Å²) in [5, 5.41) is 14.5. The molecule has 1 aliphatic rings. The number of furan rings is 1. The highest BCUT2D eigenvalue weighted by Crippen LogP contribution is 2.23. The van der Waals surface area contributed by atoms with Gasteiger partial charge in [0.25, 0.3) is 0 Å². The molecule has 3 heterocycles. The highest BCUT2D eigenvalue weighted by Gasteiger charge is 2.25. The highest BCUT2D eigenvalue weighted by atomic mass is 35.5. The number of carbonyl (C=O) groups excluding carboxylic acids is 2. The van der Waals surface area contributed by atoms with Crippen molar-refractivity contribution in [3.63, 3.8) is 0 Å². The van der Waals surface area contributed by atoms with Crippen molar-refractivity contribution in [2.24, 2.45) is 0 Å². The summed E-state index contributed by atoms with van der Waals surface area (Å²) >= 11 is 11.9. The fourth-order valence-corrected chi connectivity index (χ4v) is 4.21. The van der Waals surface area contributed by atoms with Crippen LogP contribution in [0.4, 0.5) is 0 Å². The van der Waals surface area contributed by atoms with Crippen LogP contribution in [0.5, 0.6) is 0 Å². The highest BCUT2D eigenvalue weighted by molar-refractivity contribution is 6.31. The molecule has 0 unspecified atom stereocenters. The second-order valence-corrected chi connectivity index (χ2v) is 9.15. The Kier molecular flexibility index (Phi) is 6.72. The second-order valence-electron chi connectivity index (χ2n) is 8.27. The van der Waals surface area contributed by atoms with Crippen LogP contribution < -0.4 is 10.7 Å². The standard InChI is InChI=1S/C24H21Cl2N5O4/c25-16-3-1-14(2-4-16)11-21-28-29-24(35-21)23(33)27-18-7-9-31(10-8-18)30-22(32)20-13-15-12-17(26)5-6-19(15)34-20/h1-6,12-13,18H,7-11H2,(H,27,33)(H,30,32). The van der Waals surface area contributed by atoms with E-state index in [4.69, 9.17) is 32.0 Å². The number of hydrogen-bond acceptors (Lipinski definition) is 7. The summed E-state index contributed by atoms with van der Waals surface area (Å²) in [5.74, 6) is -0.261. The third-order valence-electron chi connectivity index (χ3n) is 5.72. The molecule has 2 aromatic carbocycles. The SMILES string of the molecule is O=C(NN1CCC(NC(=O)c2nnc(Cc3ccc(Cl)cc3)o2)CC1)c1cc2cc(Cl)ccc2o1. The summed E-state index contributed by atoms with van der Waals surface area (Å²) in [6.45, 7) is 1.13. The predicted molar refractivity (Wildman–Crippen MR) is 129 cm³/mol. The van der Waals surface area contributed by atoms with Crippen molar-refractivity contribution in [2.75, 3.05) is 13.1 Å². The predicted octanol–water partition coefficient (Wildman–Crippen LogP) is 4.25. The van der Waals surface area contributed by atoms with Crippen molar-refractivity contribution < 1.29 is 18.4 Å². The molecule has 0 atom stereocenters. The summed E-state index contributed by atoms with van der Waals surface area (Å²) in [7, 11) is 0. The Morgan fingerprint density at radius 2 is 1.69 bits per heavy atom. The molecule has 2 aromatic heterocycles. The lowest BCUT2D eigenvalue weighted by molar-refractivity contribution is 0.0674. The van der Waals surface area contributed by atoms with Gasteiger partial charge in [0.2, 0.25) is 5.89 Å². The summed E-state index contributed by atoms with van der Waals surface area (Å²) < 4.78 is 11.1. The lowest BCUT2D eigenvalue weighted by atomic mass is 10.1. The van der Waals surface area contributed by atoms with Gasteiger partial charge in [-0.05, 0) is 54.8 Å². The number of benzene rings is 2. The second kappa shape index (κ2) is 10.1. The topological polar surface area (TPSA) is 114 Å². The lowest BCUT2D eigenvalue weighted by Gasteiger charge is -2.31. The fourth-order valence-electron chi connectivity index (χ4n) is 3.90. The number of hydrazine groups is 1. The molecule has 5 rings (SSSR count). The van der Waals surface area contributed by atoms with Crippen LogP contribution in [0.15, 0.2) is 57.4 Å². The van der Waals surface area contributed by atoms with Gasteiger partial charge >= 0.3 is 17.7 Å². The molecule has 0 aliphatic carbocycles. The van der Waals surface area contributed by atoms with E-state index in [2.05, 4.69) is 20.9 Å². The van der Waals surface area contributed by atoms with E-state index in [1.165, 1.54) is 0 Å². The van der Waals surface area contributed by atoms with Gasteiger partial charge in [0.05, 0.1) is 6.42 Å². The van der Waals surface area contributed by atoms with Crippen LogP contribution in [0.2, 0.25) is 10.0 Å². The maximum absolute atomic E-state index is 12.6. The maximum atomic E-state index is 12.6.